The monoisotopic (exact) mass is 439 g/mol. The van der Waals surface area contributed by atoms with E-state index in [0.717, 1.165) is 24.6 Å². The van der Waals surface area contributed by atoms with Crippen molar-refractivity contribution in [3.05, 3.63) is 34.2 Å². The van der Waals surface area contributed by atoms with Crippen LogP contribution in [0.1, 0.15) is 27.7 Å². The minimum absolute atomic E-state index is 0.533. The van der Waals surface area contributed by atoms with Gasteiger partial charge in [-0.3, -0.25) is 0 Å². The van der Waals surface area contributed by atoms with Gasteiger partial charge in [-0.05, 0) is 58.7 Å². The molecule has 0 bridgehead atoms. The highest BCUT2D eigenvalue weighted by Crippen LogP contribution is 2.29. The average molecular weight is 439 g/mol. The zero-order valence-corrected chi connectivity index (χ0v) is 16.9. The van der Waals surface area contributed by atoms with Gasteiger partial charge in [-0.1, -0.05) is 27.7 Å². The van der Waals surface area contributed by atoms with E-state index < -0.39 is 0 Å². The van der Waals surface area contributed by atoms with E-state index in [1.54, 1.807) is 6.33 Å². The molecule has 1 aromatic heterocycles. The maximum Gasteiger partial charge on any atom is 0.159 e. The average Bonchev–Trinajstić information content (AvgIpc) is 2.50. The number of hydrogen-bond acceptors (Lipinski definition) is 5. The molecule has 1 heterocycles. The van der Waals surface area contributed by atoms with E-state index in [1.807, 2.05) is 24.3 Å². The minimum atomic E-state index is 0.533. The van der Waals surface area contributed by atoms with Crippen molar-refractivity contribution >= 4 is 45.6 Å². The number of hydrogen-bond donors (Lipinski definition) is 2. The molecule has 130 valence electrons. The fourth-order valence-electron chi connectivity index (χ4n) is 2.54. The van der Waals surface area contributed by atoms with E-state index in [4.69, 9.17) is 5.73 Å². The third kappa shape index (κ3) is 5.22. The molecule has 0 spiro atoms. The summed E-state index contributed by atoms with van der Waals surface area (Å²) < 4.78 is 1.19. The van der Waals surface area contributed by atoms with Crippen LogP contribution in [0.5, 0.6) is 0 Å². The van der Waals surface area contributed by atoms with Crippen LogP contribution in [0.2, 0.25) is 0 Å². The van der Waals surface area contributed by atoms with Crippen molar-refractivity contribution in [2.75, 3.05) is 29.0 Å². The molecular weight excluding hydrogens is 413 g/mol. The second-order valence-corrected chi connectivity index (χ2v) is 8.03. The smallest absolute Gasteiger partial charge is 0.159 e. The van der Waals surface area contributed by atoms with Gasteiger partial charge >= 0.3 is 0 Å². The Kier molecular flexibility index (Phi) is 6.65. The standard InChI is InChI=1S/C18H26IN5/c1-12(2)9-24(10-13(3)4)18-16(20)17(21-11-22-18)23-15-7-5-14(19)6-8-15/h5-8,11-13H,9-10,20H2,1-4H3,(H,21,22,23). The van der Waals surface area contributed by atoms with Gasteiger partial charge in [0.15, 0.2) is 11.6 Å². The lowest BCUT2D eigenvalue weighted by atomic mass is 10.1. The van der Waals surface area contributed by atoms with Crippen molar-refractivity contribution in [3.8, 4) is 0 Å². The molecule has 0 atom stereocenters. The number of benzene rings is 1. The molecule has 0 radical (unpaired) electrons. The molecule has 3 N–H and O–H groups in total. The van der Waals surface area contributed by atoms with Crippen molar-refractivity contribution in [2.45, 2.75) is 27.7 Å². The second kappa shape index (κ2) is 8.50. The van der Waals surface area contributed by atoms with Gasteiger partial charge in [0, 0.05) is 22.3 Å². The Hall–Kier alpha value is -1.57. The van der Waals surface area contributed by atoms with Gasteiger partial charge in [-0.25, -0.2) is 9.97 Å². The fraction of sp³-hybridized carbons (Fsp3) is 0.444. The van der Waals surface area contributed by atoms with Crippen molar-refractivity contribution < 1.29 is 0 Å². The molecule has 0 saturated heterocycles. The molecular formula is C18H26IN5. The Balaban J connectivity index is 2.28. The number of aromatic nitrogens is 2. The van der Waals surface area contributed by atoms with Crippen LogP contribution in [0.15, 0.2) is 30.6 Å². The third-order valence-electron chi connectivity index (χ3n) is 3.44. The predicted molar refractivity (Wildman–Crippen MR) is 111 cm³/mol. The molecule has 2 rings (SSSR count). The summed E-state index contributed by atoms with van der Waals surface area (Å²) in [5.74, 6) is 2.52. The van der Waals surface area contributed by atoms with Crippen LogP contribution >= 0.6 is 22.6 Å². The summed E-state index contributed by atoms with van der Waals surface area (Å²) in [6.45, 7) is 10.7. The van der Waals surface area contributed by atoms with Gasteiger partial charge in [0.1, 0.15) is 12.0 Å². The van der Waals surface area contributed by atoms with Crippen LogP contribution in [0.25, 0.3) is 0 Å². The summed E-state index contributed by atoms with van der Waals surface area (Å²) in [4.78, 5) is 11.0. The molecule has 5 nitrogen and oxygen atoms in total. The van der Waals surface area contributed by atoms with Gasteiger partial charge in [-0.15, -0.1) is 0 Å². The van der Waals surface area contributed by atoms with E-state index in [1.165, 1.54) is 3.57 Å². The SMILES string of the molecule is CC(C)CN(CC(C)C)c1ncnc(Nc2ccc(I)cc2)c1N. The molecule has 0 saturated carbocycles. The van der Waals surface area contributed by atoms with E-state index >= 15 is 0 Å². The molecule has 2 aromatic rings. The van der Waals surface area contributed by atoms with Crippen LogP contribution in [0.3, 0.4) is 0 Å². The number of anilines is 4. The van der Waals surface area contributed by atoms with E-state index in [0.29, 0.717) is 23.3 Å². The number of nitrogens with one attached hydrogen (secondary N) is 1. The zero-order valence-electron chi connectivity index (χ0n) is 14.8. The van der Waals surface area contributed by atoms with Crippen molar-refractivity contribution in [3.63, 3.8) is 0 Å². The zero-order chi connectivity index (χ0) is 17.7. The first-order valence-corrected chi connectivity index (χ1v) is 9.32. The van der Waals surface area contributed by atoms with Gasteiger partial charge in [0.2, 0.25) is 0 Å². The third-order valence-corrected chi connectivity index (χ3v) is 4.16. The number of halogens is 1. The van der Waals surface area contributed by atoms with Crippen molar-refractivity contribution in [1.82, 2.24) is 9.97 Å². The highest BCUT2D eigenvalue weighted by Gasteiger charge is 2.17. The highest BCUT2D eigenvalue weighted by molar-refractivity contribution is 14.1. The molecule has 0 aliphatic heterocycles. The van der Waals surface area contributed by atoms with Gasteiger partial charge < -0.3 is 16.0 Å². The minimum Gasteiger partial charge on any atom is -0.393 e. The summed E-state index contributed by atoms with van der Waals surface area (Å²) in [7, 11) is 0. The fourth-order valence-corrected chi connectivity index (χ4v) is 2.90. The first-order valence-electron chi connectivity index (χ1n) is 8.24. The molecule has 0 fully saturated rings. The highest BCUT2D eigenvalue weighted by atomic mass is 127. The molecule has 0 aliphatic rings. The lowest BCUT2D eigenvalue weighted by Gasteiger charge is -2.28. The van der Waals surface area contributed by atoms with Crippen LogP contribution in [0.4, 0.5) is 23.0 Å². The van der Waals surface area contributed by atoms with Crippen LogP contribution in [-0.2, 0) is 0 Å². The van der Waals surface area contributed by atoms with Gasteiger partial charge in [0.05, 0.1) is 0 Å². The number of rotatable bonds is 7. The normalized spacial score (nSPS) is 11.1. The first kappa shape index (κ1) is 18.8. The van der Waals surface area contributed by atoms with Crippen molar-refractivity contribution in [1.29, 1.82) is 0 Å². The number of nitrogen functional groups attached to an aromatic ring is 1. The summed E-state index contributed by atoms with van der Waals surface area (Å²) in [6, 6.07) is 8.13. The quantitative estimate of drug-likeness (QED) is 0.621. The maximum atomic E-state index is 6.38. The molecule has 1 aromatic carbocycles. The number of nitrogens with zero attached hydrogens (tertiary/aromatic N) is 3. The Labute approximate surface area is 158 Å². The van der Waals surface area contributed by atoms with Crippen LogP contribution < -0.4 is 16.0 Å². The Morgan fingerprint density at radius 3 is 2.17 bits per heavy atom. The van der Waals surface area contributed by atoms with Gasteiger partial charge in [-0.2, -0.15) is 0 Å². The molecule has 24 heavy (non-hydrogen) atoms. The Morgan fingerprint density at radius 2 is 1.62 bits per heavy atom. The topological polar surface area (TPSA) is 67.1 Å². The molecule has 0 unspecified atom stereocenters. The van der Waals surface area contributed by atoms with E-state index in [9.17, 15) is 0 Å². The summed E-state index contributed by atoms with van der Waals surface area (Å²) in [5, 5.41) is 3.30. The Morgan fingerprint density at radius 1 is 1.04 bits per heavy atom. The predicted octanol–water partition coefficient (Wildman–Crippen LogP) is 4.53. The molecule has 6 heteroatoms. The molecule has 0 amide bonds. The van der Waals surface area contributed by atoms with Crippen LogP contribution in [0, 0.1) is 15.4 Å². The Bertz CT molecular complexity index is 645. The maximum absolute atomic E-state index is 6.38. The summed E-state index contributed by atoms with van der Waals surface area (Å²) >= 11 is 2.29. The number of nitrogens with two attached hydrogens (primary N) is 1. The largest absolute Gasteiger partial charge is 0.393 e. The summed E-state index contributed by atoms with van der Waals surface area (Å²) in [6.07, 6.45) is 1.58. The van der Waals surface area contributed by atoms with Crippen LogP contribution in [-0.4, -0.2) is 23.1 Å². The van der Waals surface area contributed by atoms with Crippen molar-refractivity contribution in [2.24, 2.45) is 11.8 Å². The van der Waals surface area contributed by atoms with E-state index in [-0.39, 0.29) is 0 Å². The van der Waals surface area contributed by atoms with E-state index in [2.05, 4.69) is 70.5 Å². The first-order chi connectivity index (χ1) is 11.4. The lowest BCUT2D eigenvalue weighted by Crippen LogP contribution is -2.32. The summed E-state index contributed by atoms with van der Waals surface area (Å²) in [5.41, 5.74) is 7.94. The lowest BCUT2D eigenvalue weighted by molar-refractivity contribution is 0.549. The second-order valence-electron chi connectivity index (χ2n) is 6.78. The van der Waals surface area contributed by atoms with Gasteiger partial charge in [0.25, 0.3) is 0 Å². The molecule has 0 aliphatic carbocycles.